The lowest BCUT2D eigenvalue weighted by Gasteiger charge is -2.30. The number of alkyl halides is 3. The SMILES string of the molecule is O=c1c(Br)c(NC(CO)(CO)CO)cnn1CC(F)(F)F. The largest absolute Gasteiger partial charge is 0.408 e. The molecule has 0 spiro atoms. The van der Waals surface area contributed by atoms with E-state index in [1.807, 2.05) is 0 Å². The topological polar surface area (TPSA) is 108 Å². The number of aromatic nitrogens is 2. The average Bonchev–Trinajstić information content (AvgIpc) is 2.43. The highest BCUT2D eigenvalue weighted by atomic mass is 79.9. The molecule has 0 unspecified atom stereocenters. The van der Waals surface area contributed by atoms with Gasteiger partial charge in [-0.3, -0.25) is 4.79 Å². The van der Waals surface area contributed by atoms with Gasteiger partial charge in [0.1, 0.15) is 16.6 Å². The van der Waals surface area contributed by atoms with Crippen molar-refractivity contribution in [2.75, 3.05) is 25.1 Å². The Balaban J connectivity index is 3.13. The van der Waals surface area contributed by atoms with Gasteiger partial charge in [0.25, 0.3) is 5.56 Å². The Kier molecular flexibility index (Phi) is 5.73. The van der Waals surface area contributed by atoms with Crippen LogP contribution in [0.15, 0.2) is 15.5 Å². The third kappa shape index (κ3) is 4.40. The second-order valence-corrected chi connectivity index (χ2v) is 5.12. The lowest BCUT2D eigenvalue weighted by Crippen LogP contribution is -2.49. The van der Waals surface area contributed by atoms with Crippen LogP contribution in [0.5, 0.6) is 0 Å². The molecule has 0 atom stereocenters. The Hall–Kier alpha value is -1.17. The first-order chi connectivity index (χ1) is 9.68. The van der Waals surface area contributed by atoms with Crippen LogP contribution >= 0.6 is 15.9 Å². The fourth-order valence-electron chi connectivity index (χ4n) is 1.39. The molecule has 1 rings (SSSR count). The summed E-state index contributed by atoms with van der Waals surface area (Å²) in [7, 11) is 0. The molecule has 1 aromatic rings. The van der Waals surface area contributed by atoms with Crippen LogP contribution in [0, 0.1) is 0 Å². The molecule has 0 radical (unpaired) electrons. The second kappa shape index (κ2) is 6.73. The molecule has 0 amide bonds. The number of aliphatic hydroxyl groups excluding tert-OH is 3. The van der Waals surface area contributed by atoms with Crippen LogP contribution in [0.1, 0.15) is 0 Å². The predicted molar refractivity (Wildman–Crippen MR) is 69.9 cm³/mol. The zero-order valence-corrected chi connectivity index (χ0v) is 12.1. The van der Waals surface area contributed by atoms with Gasteiger partial charge in [0.2, 0.25) is 0 Å². The molecule has 0 saturated heterocycles. The molecule has 4 N–H and O–H groups in total. The minimum Gasteiger partial charge on any atom is -0.394 e. The maximum absolute atomic E-state index is 12.3. The third-order valence-electron chi connectivity index (χ3n) is 2.62. The number of nitrogens with one attached hydrogen (secondary N) is 1. The normalized spacial score (nSPS) is 12.5. The minimum atomic E-state index is -4.60. The Morgan fingerprint density at radius 3 is 2.19 bits per heavy atom. The first kappa shape index (κ1) is 17.9. The highest BCUT2D eigenvalue weighted by Gasteiger charge is 2.31. The van der Waals surface area contributed by atoms with Gasteiger partial charge < -0.3 is 20.6 Å². The first-order valence-corrected chi connectivity index (χ1v) is 6.40. The summed E-state index contributed by atoms with van der Waals surface area (Å²) < 4.78 is 36.7. The minimum absolute atomic E-state index is 0.0597. The van der Waals surface area contributed by atoms with Crippen molar-refractivity contribution in [1.29, 1.82) is 0 Å². The number of hydrogen-bond donors (Lipinski definition) is 4. The Morgan fingerprint density at radius 2 is 1.76 bits per heavy atom. The van der Waals surface area contributed by atoms with E-state index in [1.165, 1.54) is 0 Å². The van der Waals surface area contributed by atoms with E-state index in [1.54, 1.807) is 0 Å². The summed E-state index contributed by atoms with van der Waals surface area (Å²) in [6, 6.07) is 0. The van der Waals surface area contributed by atoms with Gasteiger partial charge in [0.15, 0.2) is 0 Å². The maximum Gasteiger partial charge on any atom is 0.408 e. The standard InChI is InChI=1S/C10H13BrF3N3O4/c11-7-6(16-9(3-18,4-19)5-20)1-15-17(8(7)21)2-10(12,13)14/h1,16,18-20H,2-5H2. The van der Waals surface area contributed by atoms with Crippen molar-refractivity contribution in [3.8, 4) is 0 Å². The van der Waals surface area contributed by atoms with Gasteiger partial charge >= 0.3 is 6.18 Å². The molecule has 0 aromatic carbocycles. The molecule has 0 bridgehead atoms. The summed E-state index contributed by atoms with van der Waals surface area (Å²) in [6.45, 7) is -3.55. The summed E-state index contributed by atoms with van der Waals surface area (Å²) in [5.41, 5.74) is -2.64. The van der Waals surface area contributed by atoms with Crippen LogP contribution in [-0.2, 0) is 6.54 Å². The van der Waals surface area contributed by atoms with Crippen molar-refractivity contribution >= 4 is 21.6 Å². The average molecular weight is 376 g/mol. The van der Waals surface area contributed by atoms with Gasteiger partial charge in [-0.1, -0.05) is 0 Å². The van der Waals surface area contributed by atoms with Gasteiger partial charge in [-0.2, -0.15) is 18.3 Å². The van der Waals surface area contributed by atoms with Gasteiger partial charge in [-0.05, 0) is 15.9 Å². The van der Waals surface area contributed by atoms with Crippen LogP contribution in [0.4, 0.5) is 18.9 Å². The molecule has 21 heavy (non-hydrogen) atoms. The van der Waals surface area contributed by atoms with Crippen molar-refractivity contribution in [2.24, 2.45) is 0 Å². The van der Waals surface area contributed by atoms with E-state index < -0.39 is 43.6 Å². The van der Waals surface area contributed by atoms with Crippen LogP contribution in [0.2, 0.25) is 0 Å². The fourth-order valence-corrected chi connectivity index (χ4v) is 1.80. The van der Waals surface area contributed by atoms with Crippen LogP contribution < -0.4 is 10.9 Å². The van der Waals surface area contributed by atoms with Crippen molar-refractivity contribution in [3.05, 3.63) is 21.0 Å². The van der Waals surface area contributed by atoms with Gasteiger partial charge in [0.05, 0.1) is 31.7 Å². The monoisotopic (exact) mass is 375 g/mol. The van der Waals surface area contributed by atoms with E-state index >= 15 is 0 Å². The summed E-state index contributed by atoms with van der Waals surface area (Å²) >= 11 is 2.83. The Labute approximate surface area is 125 Å². The lowest BCUT2D eigenvalue weighted by atomic mass is 10.0. The smallest absolute Gasteiger partial charge is 0.394 e. The number of anilines is 1. The molecule has 0 saturated carbocycles. The number of halogens is 4. The fraction of sp³-hybridized carbons (Fsp3) is 0.600. The predicted octanol–water partition coefficient (Wildman–Crippen LogP) is -0.304. The van der Waals surface area contributed by atoms with E-state index in [4.69, 9.17) is 15.3 Å². The van der Waals surface area contributed by atoms with Crippen molar-refractivity contribution in [1.82, 2.24) is 9.78 Å². The quantitative estimate of drug-likeness (QED) is 0.543. The number of nitrogens with zero attached hydrogens (tertiary/aromatic N) is 2. The second-order valence-electron chi connectivity index (χ2n) is 4.33. The summed E-state index contributed by atoms with van der Waals surface area (Å²) in [5, 5.41) is 33.3. The highest BCUT2D eigenvalue weighted by Crippen LogP contribution is 2.22. The van der Waals surface area contributed by atoms with Gasteiger partial charge in [0, 0.05) is 0 Å². The highest BCUT2D eigenvalue weighted by molar-refractivity contribution is 9.10. The summed E-state index contributed by atoms with van der Waals surface area (Å²) in [5.74, 6) is 0. The van der Waals surface area contributed by atoms with Gasteiger partial charge in [-0.25, -0.2) is 4.68 Å². The maximum atomic E-state index is 12.3. The molecular formula is C10H13BrF3N3O4. The van der Waals surface area contributed by atoms with Crippen molar-refractivity contribution < 1.29 is 28.5 Å². The van der Waals surface area contributed by atoms with Gasteiger partial charge in [-0.15, -0.1) is 0 Å². The molecule has 0 aliphatic heterocycles. The Morgan fingerprint density at radius 1 is 1.24 bits per heavy atom. The molecule has 1 aromatic heterocycles. The van der Waals surface area contributed by atoms with Crippen LogP contribution in [-0.4, -0.2) is 56.6 Å². The van der Waals surface area contributed by atoms with E-state index in [-0.39, 0.29) is 14.8 Å². The molecule has 120 valence electrons. The van der Waals surface area contributed by atoms with E-state index in [0.717, 1.165) is 6.20 Å². The lowest BCUT2D eigenvalue weighted by molar-refractivity contribution is -0.143. The molecule has 1 heterocycles. The first-order valence-electron chi connectivity index (χ1n) is 5.61. The number of hydrogen-bond acceptors (Lipinski definition) is 6. The van der Waals surface area contributed by atoms with E-state index in [2.05, 4.69) is 26.3 Å². The number of aliphatic hydroxyl groups is 3. The summed E-state index contributed by atoms with van der Waals surface area (Å²) in [4.78, 5) is 11.7. The van der Waals surface area contributed by atoms with Crippen molar-refractivity contribution in [3.63, 3.8) is 0 Å². The zero-order chi connectivity index (χ0) is 16.3. The van der Waals surface area contributed by atoms with Crippen LogP contribution in [0.25, 0.3) is 0 Å². The molecule has 0 fully saturated rings. The van der Waals surface area contributed by atoms with Crippen molar-refractivity contribution in [2.45, 2.75) is 18.3 Å². The summed E-state index contributed by atoms with van der Waals surface area (Å²) in [6.07, 6.45) is -3.68. The molecule has 11 heteroatoms. The Bertz CT molecular complexity index is 537. The molecule has 7 nitrogen and oxygen atoms in total. The molecular weight excluding hydrogens is 363 g/mol. The molecule has 0 aliphatic rings. The zero-order valence-electron chi connectivity index (χ0n) is 10.6. The molecule has 0 aliphatic carbocycles. The third-order valence-corrected chi connectivity index (χ3v) is 3.39. The van der Waals surface area contributed by atoms with E-state index in [9.17, 15) is 18.0 Å². The van der Waals surface area contributed by atoms with E-state index in [0.29, 0.717) is 0 Å². The number of rotatable bonds is 6. The van der Waals surface area contributed by atoms with Crippen LogP contribution in [0.3, 0.4) is 0 Å².